The second-order valence-electron chi connectivity index (χ2n) is 8.82. The fourth-order valence-electron chi connectivity index (χ4n) is 5.12. The maximum Gasteiger partial charge on any atom is 0.0491 e. The van der Waals surface area contributed by atoms with Crippen LogP contribution in [0, 0.1) is 0 Å². The molecule has 3 heteroatoms. The molecule has 0 bridgehead atoms. The van der Waals surface area contributed by atoms with E-state index in [4.69, 9.17) is 0 Å². The van der Waals surface area contributed by atoms with Crippen molar-refractivity contribution in [3.8, 4) is 0 Å². The van der Waals surface area contributed by atoms with Crippen LogP contribution in [0.1, 0.15) is 24.5 Å². The Morgan fingerprint density at radius 3 is 2.19 bits per heavy atom. The molecule has 1 saturated heterocycles. The van der Waals surface area contributed by atoms with Gasteiger partial charge in [-0.05, 0) is 55.6 Å². The van der Waals surface area contributed by atoms with Crippen molar-refractivity contribution in [3.05, 3.63) is 83.9 Å². The molecule has 0 atom stereocenters. The van der Waals surface area contributed by atoms with Gasteiger partial charge < -0.3 is 9.47 Å². The Labute approximate surface area is 185 Å². The lowest BCUT2D eigenvalue weighted by Gasteiger charge is -2.34. The van der Waals surface area contributed by atoms with E-state index in [1.54, 1.807) is 0 Å². The monoisotopic (exact) mass is 411 g/mol. The van der Waals surface area contributed by atoms with Gasteiger partial charge in [0.25, 0.3) is 0 Å². The molecular formula is C28H33N3. The fraction of sp³-hybridized carbons (Fsp3) is 0.357. The van der Waals surface area contributed by atoms with Gasteiger partial charge in [-0.3, -0.25) is 4.90 Å². The van der Waals surface area contributed by atoms with Gasteiger partial charge in [0.1, 0.15) is 0 Å². The molecule has 0 amide bonds. The molecule has 0 radical (unpaired) electrons. The van der Waals surface area contributed by atoms with E-state index in [9.17, 15) is 0 Å². The lowest BCUT2D eigenvalue weighted by atomic mass is 10.1. The third-order valence-electron chi connectivity index (χ3n) is 6.81. The third kappa shape index (κ3) is 4.39. The molecule has 2 heterocycles. The second kappa shape index (κ2) is 9.25. The topological polar surface area (TPSA) is 11.4 Å². The highest BCUT2D eigenvalue weighted by atomic mass is 15.3. The summed E-state index contributed by atoms with van der Waals surface area (Å²) in [4.78, 5) is 5.26. The predicted octanol–water partition coefficient (Wildman–Crippen LogP) is 5.56. The van der Waals surface area contributed by atoms with Crippen LogP contribution in [0.15, 0.2) is 72.8 Å². The third-order valence-corrected chi connectivity index (χ3v) is 6.81. The van der Waals surface area contributed by atoms with E-state index in [1.807, 2.05) is 0 Å². The highest BCUT2D eigenvalue weighted by Crippen LogP contribution is 2.30. The van der Waals surface area contributed by atoms with E-state index in [-0.39, 0.29) is 0 Å². The molecule has 3 nitrogen and oxygen atoms in total. The first-order valence-electron chi connectivity index (χ1n) is 11.8. The summed E-state index contributed by atoms with van der Waals surface area (Å²) in [6.07, 6.45) is 2.44. The largest absolute Gasteiger partial charge is 0.341 e. The summed E-state index contributed by atoms with van der Waals surface area (Å²) in [6.45, 7) is 10.2. The van der Waals surface area contributed by atoms with Gasteiger partial charge in [0, 0.05) is 61.1 Å². The molecule has 0 saturated carbocycles. The highest BCUT2D eigenvalue weighted by Gasteiger charge is 2.17. The first-order chi connectivity index (χ1) is 15.3. The van der Waals surface area contributed by atoms with Gasteiger partial charge in [-0.25, -0.2) is 0 Å². The molecule has 31 heavy (non-hydrogen) atoms. The van der Waals surface area contributed by atoms with Crippen LogP contribution in [0.25, 0.3) is 21.8 Å². The Kier molecular flexibility index (Phi) is 6.06. The summed E-state index contributed by atoms with van der Waals surface area (Å²) in [7, 11) is 0. The predicted molar refractivity (Wildman–Crippen MR) is 132 cm³/mol. The van der Waals surface area contributed by atoms with Gasteiger partial charge in [-0.2, -0.15) is 0 Å². The van der Waals surface area contributed by atoms with E-state index < -0.39 is 0 Å². The minimum absolute atomic E-state index is 1.01. The first kappa shape index (κ1) is 20.3. The average Bonchev–Trinajstić information content (AvgIpc) is 3.14. The van der Waals surface area contributed by atoms with Crippen LogP contribution in [0.4, 0.5) is 0 Å². The van der Waals surface area contributed by atoms with Crippen molar-refractivity contribution in [3.63, 3.8) is 0 Å². The van der Waals surface area contributed by atoms with Crippen molar-refractivity contribution in [2.24, 2.45) is 0 Å². The van der Waals surface area contributed by atoms with Crippen LogP contribution in [0.2, 0.25) is 0 Å². The zero-order valence-electron chi connectivity index (χ0n) is 18.6. The number of aryl methyl sites for hydroxylation is 2. The van der Waals surface area contributed by atoms with Gasteiger partial charge in [-0.15, -0.1) is 0 Å². The standard InChI is InChI=1S/C28H33N3/c1-2-31-27-13-7-6-12-25(27)26-21-24(14-15-28(26)31)22-30-19-17-29(18-20-30)16-8-11-23-9-4-3-5-10-23/h3-7,9-10,12-15,21H,2,8,11,16-20,22H2,1H3. The van der Waals surface area contributed by atoms with E-state index in [1.165, 1.54) is 78.5 Å². The number of hydrogen-bond donors (Lipinski definition) is 0. The second-order valence-corrected chi connectivity index (χ2v) is 8.82. The van der Waals surface area contributed by atoms with Gasteiger partial charge >= 0.3 is 0 Å². The summed E-state index contributed by atoms with van der Waals surface area (Å²) >= 11 is 0. The molecule has 160 valence electrons. The molecule has 4 aromatic rings. The average molecular weight is 412 g/mol. The van der Waals surface area contributed by atoms with Crippen molar-refractivity contribution < 1.29 is 0 Å². The SMILES string of the molecule is CCn1c2ccccc2c2cc(CN3CCN(CCCc4ccccc4)CC3)ccc21. The van der Waals surface area contributed by atoms with E-state index in [0.29, 0.717) is 0 Å². The van der Waals surface area contributed by atoms with Gasteiger partial charge in [-0.1, -0.05) is 54.6 Å². The van der Waals surface area contributed by atoms with Gasteiger partial charge in [0.05, 0.1) is 0 Å². The van der Waals surface area contributed by atoms with Crippen LogP contribution in [-0.4, -0.2) is 47.1 Å². The van der Waals surface area contributed by atoms with Crippen LogP contribution in [-0.2, 0) is 19.5 Å². The number of fused-ring (bicyclic) bond motifs is 3. The Hall–Kier alpha value is -2.62. The number of benzene rings is 3. The van der Waals surface area contributed by atoms with Crippen molar-refractivity contribution in [2.45, 2.75) is 32.9 Å². The van der Waals surface area contributed by atoms with Crippen molar-refractivity contribution >= 4 is 21.8 Å². The number of aromatic nitrogens is 1. The van der Waals surface area contributed by atoms with Crippen molar-refractivity contribution in [1.29, 1.82) is 0 Å². The van der Waals surface area contributed by atoms with Gasteiger partial charge in [0.15, 0.2) is 0 Å². The van der Waals surface area contributed by atoms with E-state index in [0.717, 1.165) is 13.1 Å². The molecule has 1 aliphatic rings. The molecule has 1 fully saturated rings. The summed E-state index contributed by atoms with van der Waals surface area (Å²) in [5, 5.41) is 2.78. The van der Waals surface area contributed by atoms with Crippen molar-refractivity contribution in [1.82, 2.24) is 14.4 Å². The van der Waals surface area contributed by atoms with E-state index >= 15 is 0 Å². The molecule has 3 aromatic carbocycles. The Morgan fingerprint density at radius 2 is 1.39 bits per heavy atom. The molecule has 1 aliphatic heterocycles. The zero-order chi connectivity index (χ0) is 21.0. The smallest absolute Gasteiger partial charge is 0.0491 e. The molecule has 0 aliphatic carbocycles. The fourth-order valence-corrected chi connectivity index (χ4v) is 5.12. The first-order valence-corrected chi connectivity index (χ1v) is 11.8. The lowest BCUT2D eigenvalue weighted by Crippen LogP contribution is -2.46. The van der Waals surface area contributed by atoms with Crippen LogP contribution in [0.5, 0.6) is 0 Å². The van der Waals surface area contributed by atoms with Crippen LogP contribution in [0.3, 0.4) is 0 Å². The number of nitrogens with zero attached hydrogens (tertiary/aromatic N) is 3. The maximum atomic E-state index is 2.64. The van der Waals surface area contributed by atoms with E-state index in [2.05, 4.69) is 94.1 Å². The van der Waals surface area contributed by atoms with Crippen LogP contribution >= 0.6 is 0 Å². The molecule has 0 spiro atoms. The Morgan fingerprint density at radius 1 is 0.677 bits per heavy atom. The Balaban J connectivity index is 1.19. The molecule has 0 unspecified atom stereocenters. The van der Waals surface area contributed by atoms with Crippen molar-refractivity contribution in [2.75, 3.05) is 32.7 Å². The number of rotatable bonds is 7. The minimum atomic E-state index is 1.01. The summed E-state index contributed by atoms with van der Waals surface area (Å²) in [6, 6.07) is 26.8. The number of para-hydroxylation sites is 1. The summed E-state index contributed by atoms with van der Waals surface area (Å²) < 4.78 is 2.43. The molecular weight excluding hydrogens is 378 g/mol. The minimum Gasteiger partial charge on any atom is -0.341 e. The quantitative estimate of drug-likeness (QED) is 0.394. The lowest BCUT2D eigenvalue weighted by molar-refractivity contribution is 0.126. The summed E-state index contributed by atoms with van der Waals surface area (Å²) in [5.74, 6) is 0. The molecule has 0 N–H and O–H groups in total. The number of hydrogen-bond acceptors (Lipinski definition) is 2. The highest BCUT2D eigenvalue weighted by molar-refractivity contribution is 6.08. The van der Waals surface area contributed by atoms with Crippen LogP contribution < -0.4 is 0 Å². The molecule has 5 rings (SSSR count). The zero-order valence-corrected chi connectivity index (χ0v) is 18.6. The number of piperazine rings is 1. The normalized spacial score (nSPS) is 15.8. The van der Waals surface area contributed by atoms with Gasteiger partial charge in [0.2, 0.25) is 0 Å². The maximum absolute atomic E-state index is 2.64. The Bertz CT molecular complexity index is 1140. The summed E-state index contributed by atoms with van der Waals surface area (Å²) in [5.41, 5.74) is 5.60. The molecule has 1 aromatic heterocycles.